The predicted molar refractivity (Wildman–Crippen MR) is 115 cm³/mol. The quantitative estimate of drug-likeness (QED) is 0.682. The first kappa shape index (κ1) is 19.9. The molecule has 2 heterocycles. The Hall–Kier alpha value is -3.35. The SMILES string of the molecule is Cn1c(=O)n(CCC(=O)NCc2ccc(C(=O)N3CCCC3)cc2)c2ccccc21. The average molecular weight is 406 g/mol. The van der Waals surface area contributed by atoms with Crippen LogP contribution in [0.5, 0.6) is 0 Å². The third kappa shape index (κ3) is 4.01. The Labute approximate surface area is 174 Å². The van der Waals surface area contributed by atoms with E-state index in [9.17, 15) is 14.4 Å². The van der Waals surface area contributed by atoms with E-state index in [-0.39, 0.29) is 23.9 Å². The number of aryl methyl sites for hydroxylation is 2. The fourth-order valence-corrected chi connectivity index (χ4v) is 3.95. The molecule has 0 unspecified atom stereocenters. The fourth-order valence-electron chi connectivity index (χ4n) is 3.95. The molecule has 1 aliphatic rings. The summed E-state index contributed by atoms with van der Waals surface area (Å²) in [6.07, 6.45) is 2.36. The maximum Gasteiger partial charge on any atom is 0.328 e. The zero-order valence-corrected chi connectivity index (χ0v) is 17.1. The molecule has 1 aromatic heterocycles. The summed E-state index contributed by atoms with van der Waals surface area (Å²) >= 11 is 0. The van der Waals surface area contributed by atoms with Gasteiger partial charge >= 0.3 is 5.69 Å². The standard InChI is InChI=1S/C23H26N4O3/c1-25-19-6-2-3-7-20(19)27(23(25)30)15-12-21(28)24-16-17-8-10-18(11-9-17)22(29)26-13-4-5-14-26/h2-3,6-11H,4-5,12-16H2,1H3,(H,24,28). The summed E-state index contributed by atoms with van der Waals surface area (Å²) in [5, 5.41) is 2.89. The number of imidazole rings is 1. The predicted octanol–water partition coefficient (Wildman–Crippen LogP) is 2.28. The van der Waals surface area contributed by atoms with Crippen LogP contribution in [0.25, 0.3) is 11.0 Å². The lowest BCUT2D eigenvalue weighted by molar-refractivity contribution is -0.121. The highest BCUT2D eigenvalue weighted by Gasteiger charge is 2.19. The summed E-state index contributed by atoms with van der Waals surface area (Å²) in [5.74, 6) is -0.0457. The number of fused-ring (bicyclic) bond motifs is 1. The van der Waals surface area contributed by atoms with Crippen LogP contribution in [0.2, 0.25) is 0 Å². The summed E-state index contributed by atoms with van der Waals surface area (Å²) in [5.41, 5.74) is 3.18. The van der Waals surface area contributed by atoms with E-state index in [4.69, 9.17) is 0 Å². The number of nitrogens with one attached hydrogen (secondary N) is 1. The topological polar surface area (TPSA) is 76.3 Å². The highest BCUT2D eigenvalue weighted by molar-refractivity contribution is 5.94. The summed E-state index contributed by atoms with van der Waals surface area (Å²) in [7, 11) is 1.74. The molecule has 7 heteroatoms. The van der Waals surface area contributed by atoms with Crippen molar-refractivity contribution in [2.45, 2.75) is 32.4 Å². The van der Waals surface area contributed by atoms with E-state index in [1.807, 2.05) is 53.4 Å². The normalized spacial score (nSPS) is 13.7. The van der Waals surface area contributed by atoms with E-state index in [1.165, 1.54) is 0 Å². The highest BCUT2D eigenvalue weighted by Crippen LogP contribution is 2.14. The molecule has 0 saturated carbocycles. The second-order valence-corrected chi connectivity index (χ2v) is 7.70. The first-order valence-corrected chi connectivity index (χ1v) is 10.3. The van der Waals surface area contributed by atoms with Gasteiger partial charge in [0.25, 0.3) is 5.91 Å². The van der Waals surface area contributed by atoms with E-state index in [0.29, 0.717) is 18.7 Å². The lowest BCUT2D eigenvalue weighted by atomic mass is 10.1. The Morgan fingerprint density at radius 1 is 0.967 bits per heavy atom. The van der Waals surface area contributed by atoms with Crippen LogP contribution in [-0.4, -0.2) is 38.9 Å². The third-order valence-corrected chi connectivity index (χ3v) is 5.70. The fraction of sp³-hybridized carbons (Fsp3) is 0.348. The molecule has 0 atom stereocenters. The average Bonchev–Trinajstić information content (AvgIpc) is 3.39. The molecule has 1 aliphatic heterocycles. The second-order valence-electron chi connectivity index (χ2n) is 7.70. The minimum absolute atomic E-state index is 0.0728. The van der Waals surface area contributed by atoms with Crippen molar-refractivity contribution in [2.24, 2.45) is 7.05 Å². The van der Waals surface area contributed by atoms with Crippen molar-refractivity contribution < 1.29 is 9.59 Å². The van der Waals surface area contributed by atoms with Gasteiger partial charge in [-0.3, -0.25) is 18.7 Å². The molecule has 156 valence electrons. The number of hydrogen-bond donors (Lipinski definition) is 1. The van der Waals surface area contributed by atoms with Crippen LogP contribution in [-0.2, 0) is 24.9 Å². The maximum atomic E-state index is 12.4. The Morgan fingerprint density at radius 2 is 1.63 bits per heavy atom. The van der Waals surface area contributed by atoms with Gasteiger partial charge in [0.1, 0.15) is 0 Å². The first-order valence-electron chi connectivity index (χ1n) is 10.3. The highest BCUT2D eigenvalue weighted by atomic mass is 16.2. The second kappa shape index (κ2) is 8.57. The molecule has 4 rings (SSSR count). The number of likely N-dealkylation sites (tertiary alicyclic amines) is 1. The van der Waals surface area contributed by atoms with Crippen molar-refractivity contribution in [3.63, 3.8) is 0 Å². The van der Waals surface area contributed by atoms with Gasteiger partial charge in [-0.1, -0.05) is 24.3 Å². The number of benzene rings is 2. The molecular formula is C23H26N4O3. The van der Waals surface area contributed by atoms with Gasteiger partial charge in [-0.2, -0.15) is 0 Å². The molecule has 1 fully saturated rings. The summed E-state index contributed by atoms with van der Waals surface area (Å²) in [6, 6.07) is 14.9. The minimum atomic E-state index is -0.123. The van der Waals surface area contributed by atoms with Crippen LogP contribution < -0.4 is 11.0 Å². The zero-order valence-electron chi connectivity index (χ0n) is 17.1. The molecule has 1 N–H and O–H groups in total. The number of carbonyl (C=O) groups excluding carboxylic acids is 2. The van der Waals surface area contributed by atoms with Gasteiger partial charge in [-0.05, 0) is 42.7 Å². The smallest absolute Gasteiger partial charge is 0.328 e. The van der Waals surface area contributed by atoms with Crippen molar-refractivity contribution in [1.82, 2.24) is 19.4 Å². The van der Waals surface area contributed by atoms with Crippen molar-refractivity contribution in [3.8, 4) is 0 Å². The summed E-state index contributed by atoms with van der Waals surface area (Å²) in [6.45, 7) is 2.38. The van der Waals surface area contributed by atoms with Gasteiger partial charge in [0, 0.05) is 45.2 Å². The monoisotopic (exact) mass is 406 g/mol. The summed E-state index contributed by atoms with van der Waals surface area (Å²) < 4.78 is 3.23. The van der Waals surface area contributed by atoms with Crippen molar-refractivity contribution >= 4 is 22.8 Å². The van der Waals surface area contributed by atoms with Crippen LogP contribution in [0.15, 0.2) is 53.3 Å². The van der Waals surface area contributed by atoms with E-state index < -0.39 is 0 Å². The largest absolute Gasteiger partial charge is 0.352 e. The van der Waals surface area contributed by atoms with Crippen LogP contribution in [0.3, 0.4) is 0 Å². The minimum Gasteiger partial charge on any atom is -0.352 e. The van der Waals surface area contributed by atoms with Crippen molar-refractivity contribution in [3.05, 3.63) is 70.1 Å². The Bertz CT molecular complexity index is 1120. The number of carbonyl (C=O) groups is 2. The molecule has 3 aromatic rings. The van der Waals surface area contributed by atoms with Crippen LogP contribution in [0.1, 0.15) is 35.2 Å². The van der Waals surface area contributed by atoms with E-state index in [0.717, 1.165) is 42.5 Å². The molecule has 2 aromatic carbocycles. The molecule has 0 spiro atoms. The van der Waals surface area contributed by atoms with Gasteiger partial charge in [-0.15, -0.1) is 0 Å². The van der Waals surface area contributed by atoms with Crippen molar-refractivity contribution in [2.75, 3.05) is 13.1 Å². The van der Waals surface area contributed by atoms with Crippen LogP contribution >= 0.6 is 0 Å². The van der Waals surface area contributed by atoms with Gasteiger partial charge in [0.2, 0.25) is 5.91 Å². The third-order valence-electron chi connectivity index (χ3n) is 5.70. The van der Waals surface area contributed by atoms with Gasteiger partial charge in [0.05, 0.1) is 11.0 Å². The number of hydrogen-bond acceptors (Lipinski definition) is 3. The van der Waals surface area contributed by atoms with Crippen molar-refractivity contribution in [1.29, 1.82) is 0 Å². The molecule has 0 aliphatic carbocycles. The van der Waals surface area contributed by atoms with E-state index in [1.54, 1.807) is 16.2 Å². The lowest BCUT2D eigenvalue weighted by Crippen LogP contribution is -2.28. The van der Waals surface area contributed by atoms with E-state index in [2.05, 4.69) is 5.32 Å². The molecule has 1 saturated heterocycles. The maximum absolute atomic E-state index is 12.4. The van der Waals surface area contributed by atoms with Gasteiger partial charge in [0.15, 0.2) is 0 Å². The Balaban J connectivity index is 1.32. The molecule has 2 amide bonds. The molecular weight excluding hydrogens is 380 g/mol. The first-order chi connectivity index (χ1) is 14.5. The Morgan fingerprint density at radius 3 is 2.33 bits per heavy atom. The molecule has 0 bridgehead atoms. The zero-order chi connectivity index (χ0) is 21.1. The number of aromatic nitrogens is 2. The molecule has 0 radical (unpaired) electrons. The number of amides is 2. The van der Waals surface area contributed by atoms with Gasteiger partial charge < -0.3 is 10.2 Å². The lowest BCUT2D eigenvalue weighted by Gasteiger charge is -2.15. The van der Waals surface area contributed by atoms with E-state index >= 15 is 0 Å². The van der Waals surface area contributed by atoms with Crippen LogP contribution in [0.4, 0.5) is 0 Å². The summed E-state index contributed by atoms with van der Waals surface area (Å²) in [4.78, 5) is 39.0. The van der Waals surface area contributed by atoms with Gasteiger partial charge in [-0.25, -0.2) is 4.79 Å². The number of rotatable bonds is 6. The van der Waals surface area contributed by atoms with Crippen LogP contribution in [0, 0.1) is 0 Å². The molecule has 7 nitrogen and oxygen atoms in total. The number of nitrogens with zero attached hydrogens (tertiary/aromatic N) is 3. The Kier molecular flexibility index (Phi) is 5.70. The number of para-hydroxylation sites is 2. The molecule has 30 heavy (non-hydrogen) atoms.